The first-order valence-electron chi connectivity index (χ1n) is 10.7. The van der Waals surface area contributed by atoms with Crippen molar-refractivity contribution in [3.63, 3.8) is 0 Å². The zero-order chi connectivity index (χ0) is 21.1. The molecule has 2 aromatic carbocycles. The third-order valence-electron chi connectivity index (χ3n) is 5.86. The van der Waals surface area contributed by atoms with Gasteiger partial charge < -0.3 is 14.8 Å². The van der Waals surface area contributed by atoms with Gasteiger partial charge in [-0.25, -0.2) is 0 Å². The summed E-state index contributed by atoms with van der Waals surface area (Å²) < 4.78 is 2.09. The van der Waals surface area contributed by atoms with Crippen LogP contribution in [0.1, 0.15) is 42.7 Å². The second kappa shape index (κ2) is 8.74. The van der Waals surface area contributed by atoms with E-state index in [4.69, 9.17) is 0 Å². The van der Waals surface area contributed by atoms with Gasteiger partial charge in [-0.3, -0.25) is 9.59 Å². The summed E-state index contributed by atoms with van der Waals surface area (Å²) in [4.78, 5) is 27.3. The van der Waals surface area contributed by atoms with Crippen molar-refractivity contribution in [2.24, 2.45) is 5.92 Å². The van der Waals surface area contributed by atoms with E-state index in [0.717, 1.165) is 29.3 Å². The molecule has 1 aliphatic rings. The number of aromatic nitrogens is 1. The van der Waals surface area contributed by atoms with E-state index >= 15 is 0 Å². The molecule has 30 heavy (non-hydrogen) atoms. The quantitative estimate of drug-likeness (QED) is 0.698. The highest BCUT2D eigenvalue weighted by Crippen LogP contribution is 2.22. The summed E-state index contributed by atoms with van der Waals surface area (Å²) in [6.07, 6.45) is 1.59. The Kier molecular flexibility index (Phi) is 5.88. The number of hydrogen-bond donors (Lipinski definition) is 1. The number of nitrogens with zero attached hydrogens (tertiary/aromatic N) is 2. The molecule has 0 atom stereocenters. The normalized spacial score (nSPS) is 15.0. The van der Waals surface area contributed by atoms with Crippen LogP contribution in [-0.2, 0) is 11.3 Å². The van der Waals surface area contributed by atoms with Gasteiger partial charge in [-0.2, -0.15) is 0 Å². The molecule has 156 valence electrons. The van der Waals surface area contributed by atoms with E-state index in [0.29, 0.717) is 25.3 Å². The lowest BCUT2D eigenvalue weighted by Gasteiger charge is -2.33. The number of rotatable bonds is 5. The van der Waals surface area contributed by atoms with Crippen LogP contribution in [0.4, 0.5) is 0 Å². The number of para-hydroxylation sites is 1. The molecule has 0 aliphatic carbocycles. The third-order valence-corrected chi connectivity index (χ3v) is 5.86. The lowest BCUT2D eigenvalue weighted by Crippen LogP contribution is -2.47. The SMILES string of the molecule is CC(C)C(=O)N1CCC(NC(=O)c2cc3ccccc3n2Cc2ccccc2)CC1. The number of fused-ring (bicyclic) bond motifs is 1. The van der Waals surface area contributed by atoms with Gasteiger partial charge in [-0.15, -0.1) is 0 Å². The van der Waals surface area contributed by atoms with E-state index in [1.54, 1.807) is 0 Å². The molecule has 0 saturated carbocycles. The predicted molar refractivity (Wildman–Crippen MR) is 119 cm³/mol. The van der Waals surface area contributed by atoms with Crippen molar-refractivity contribution in [3.8, 4) is 0 Å². The van der Waals surface area contributed by atoms with Gasteiger partial charge >= 0.3 is 0 Å². The molecule has 0 unspecified atom stereocenters. The minimum absolute atomic E-state index is 0.0184. The van der Waals surface area contributed by atoms with E-state index in [1.807, 2.05) is 61.2 Å². The van der Waals surface area contributed by atoms with Gasteiger partial charge in [0.15, 0.2) is 0 Å². The highest BCUT2D eigenvalue weighted by molar-refractivity contribution is 5.99. The minimum atomic E-state index is -0.0456. The van der Waals surface area contributed by atoms with Gasteiger partial charge in [-0.1, -0.05) is 62.4 Å². The average molecular weight is 404 g/mol. The molecule has 4 rings (SSSR count). The van der Waals surface area contributed by atoms with Crippen LogP contribution in [0.5, 0.6) is 0 Å². The maximum absolute atomic E-state index is 13.2. The molecular weight excluding hydrogens is 374 g/mol. The van der Waals surface area contributed by atoms with Gasteiger partial charge in [0.2, 0.25) is 5.91 Å². The fourth-order valence-corrected chi connectivity index (χ4v) is 4.20. The van der Waals surface area contributed by atoms with E-state index in [9.17, 15) is 9.59 Å². The number of likely N-dealkylation sites (tertiary alicyclic amines) is 1. The van der Waals surface area contributed by atoms with Crippen LogP contribution in [0.3, 0.4) is 0 Å². The van der Waals surface area contributed by atoms with E-state index in [1.165, 1.54) is 0 Å². The van der Waals surface area contributed by atoms with Gasteiger partial charge in [0.25, 0.3) is 5.91 Å². The Morgan fingerprint density at radius 1 is 1.00 bits per heavy atom. The summed E-state index contributed by atoms with van der Waals surface area (Å²) in [6, 6.07) is 20.4. The van der Waals surface area contributed by atoms with Gasteiger partial charge in [0.1, 0.15) is 5.69 Å². The Bertz CT molecular complexity index is 1030. The van der Waals surface area contributed by atoms with Crippen LogP contribution in [-0.4, -0.2) is 40.4 Å². The van der Waals surface area contributed by atoms with E-state index < -0.39 is 0 Å². The topological polar surface area (TPSA) is 54.3 Å². The van der Waals surface area contributed by atoms with E-state index in [-0.39, 0.29) is 23.8 Å². The van der Waals surface area contributed by atoms with Crippen LogP contribution < -0.4 is 5.32 Å². The van der Waals surface area contributed by atoms with Gasteiger partial charge in [-0.05, 0) is 30.5 Å². The Balaban J connectivity index is 1.51. The third kappa shape index (κ3) is 4.25. The molecule has 2 amide bonds. The second-order valence-corrected chi connectivity index (χ2v) is 8.39. The molecule has 5 nitrogen and oxygen atoms in total. The number of carbonyl (C=O) groups is 2. The molecule has 1 aliphatic heterocycles. The van der Waals surface area contributed by atoms with E-state index in [2.05, 4.69) is 28.1 Å². The summed E-state index contributed by atoms with van der Waals surface area (Å²) in [5, 5.41) is 4.28. The molecule has 1 saturated heterocycles. The Hall–Kier alpha value is -3.08. The van der Waals surface area contributed by atoms with Crippen molar-refractivity contribution in [2.75, 3.05) is 13.1 Å². The molecule has 1 aromatic heterocycles. The molecule has 0 spiro atoms. The van der Waals surface area contributed by atoms with Crippen LogP contribution in [0.25, 0.3) is 10.9 Å². The first kappa shape index (κ1) is 20.2. The zero-order valence-electron chi connectivity index (χ0n) is 17.7. The smallest absolute Gasteiger partial charge is 0.268 e. The Morgan fingerprint density at radius 3 is 2.37 bits per heavy atom. The highest BCUT2D eigenvalue weighted by atomic mass is 16.2. The summed E-state index contributed by atoms with van der Waals surface area (Å²) >= 11 is 0. The van der Waals surface area contributed by atoms with Crippen molar-refractivity contribution in [2.45, 2.75) is 39.3 Å². The number of carbonyl (C=O) groups excluding carboxylic acids is 2. The van der Waals surface area contributed by atoms with Crippen LogP contribution in [0.2, 0.25) is 0 Å². The number of piperidine rings is 1. The maximum Gasteiger partial charge on any atom is 0.268 e. The molecule has 3 aromatic rings. The van der Waals surface area contributed by atoms with Crippen molar-refractivity contribution in [1.29, 1.82) is 0 Å². The fourth-order valence-electron chi connectivity index (χ4n) is 4.20. The van der Waals surface area contributed by atoms with Gasteiger partial charge in [0, 0.05) is 42.5 Å². The summed E-state index contributed by atoms with van der Waals surface area (Å²) in [5.41, 5.74) is 2.90. The Labute approximate surface area is 177 Å². The number of amides is 2. The lowest BCUT2D eigenvalue weighted by atomic mass is 10.0. The monoisotopic (exact) mass is 403 g/mol. The second-order valence-electron chi connectivity index (χ2n) is 8.39. The highest BCUT2D eigenvalue weighted by Gasteiger charge is 2.26. The zero-order valence-corrected chi connectivity index (χ0v) is 17.7. The average Bonchev–Trinajstić information content (AvgIpc) is 3.13. The largest absolute Gasteiger partial charge is 0.348 e. The Morgan fingerprint density at radius 2 is 1.67 bits per heavy atom. The summed E-state index contributed by atoms with van der Waals surface area (Å²) in [5.74, 6) is 0.170. The molecule has 0 bridgehead atoms. The van der Waals surface area contributed by atoms with Crippen LogP contribution in [0, 0.1) is 5.92 Å². The molecular formula is C25H29N3O2. The molecule has 1 N–H and O–H groups in total. The first-order valence-corrected chi connectivity index (χ1v) is 10.7. The van der Waals surface area contributed by atoms with Gasteiger partial charge in [0.05, 0.1) is 0 Å². The molecule has 0 radical (unpaired) electrons. The van der Waals surface area contributed by atoms with Crippen molar-refractivity contribution >= 4 is 22.7 Å². The minimum Gasteiger partial charge on any atom is -0.348 e. The molecule has 1 fully saturated rings. The van der Waals surface area contributed by atoms with Crippen molar-refractivity contribution in [1.82, 2.24) is 14.8 Å². The van der Waals surface area contributed by atoms with Crippen molar-refractivity contribution in [3.05, 3.63) is 71.9 Å². The maximum atomic E-state index is 13.2. The standard InChI is InChI=1S/C25H29N3O2/c1-18(2)25(30)27-14-12-21(13-15-27)26-24(29)23-16-20-10-6-7-11-22(20)28(23)17-19-8-4-3-5-9-19/h3-11,16,18,21H,12-15,17H2,1-2H3,(H,26,29). The predicted octanol–water partition coefficient (Wildman–Crippen LogP) is 4.07. The molecule has 2 heterocycles. The lowest BCUT2D eigenvalue weighted by molar-refractivity contribution is -0.135. The summed E-state index contributed by atoms with van der Waals surface area (Å²) in [7, 11) is 0. The fraction of sp³-hybridized carbons (Fsp3) is 0.360. The number of hydrogen-bond acceptors (Lipinski definition) is 2. The van der Waals surface area contributed by atoms with Crippen molar-refractivity contribution < 1.29 is 9.59 Å². The van der Waals surface area contributed by atoms with Crippen LogP contribution in [0.15, 0.2) is 60.7 Å². The molecule has 5 heteroatoms. The summed E-state index contributed by atoms with van der Waals surface area (Å²) in [6.45, 7) is 5.92. The number of benzene rings is 2. The first-order chi connectivity index (χ1) is 14.5. The van der Waals surface area contributed by atoms with Crippen LogP contribution >= 0.6 is 0 Å². The number of nitrogens with one attached hydrogen (secondary N) is 1.